The zero-order valence-electron chi connectivity index (χ0n) is 16.5. The molecule has 1 aromatic heterocycles. The third-order valence-electron chi connectivity index (χ3n) is 5.00. The van der Waals surface area contributed by atoms with Crippen LogP contribution < -0.4 is 20.4 Å². The predicted octanol–water partition coefficient (Wildman–Crippen LogP) is 0.367. The molecule has 7 heteroatoms. The zero-order chi connectivity index (χ0) is 19.9. The molecule has 3 rings (SSSR count). The molecule has 150 valence electrons. The molecule has 0 unspecified atom stereocenters. The van der Waals surface area contributed by atoms with Crippen molar-refractivity contribution in [2.45, 2.75) is 25.9 Å². The fraction of sp³-hybridized carbons (Fsp3) is 0.429. The van der Waals surface area contributed by atoms with E-state index in [4.69, 9.17) is 4.42 Å². The highest BCUT2D eigenvalue weighted by atomic mass is 16.3. The maximum atomic E-state index is 12.1. The Bertz CT molecular complexity index is 753. The summed E-state index contributed by atoms with van der Waals surface area (Å²) >= 11 is 0. The minimum atomic E-state index is -0.604. The topological polar surface area (TPSA) is 79.0 Å². The fourth-order valence-corrected chi connectivity index (χ4v) is 3.58. The van der Waals surface area contributed by atoms with Crippen molar-refractivity contribution in [2.24, 2.45) is 0 Å². The first kappa shape index (κ1) is 19.9. The molecular weight excluding hydrogens is 356 g/mol. The number of hydrogen-bond acceptors (Lipinski definition) is 4. The molecule has 1 saturated heterocycles. The predicted molar refractivity (Wildman–Crippen MR) is 107 cm³/mol. The van der Waals surface area contributed by atoms with Crippen molar-refractivity contribution in [3.63, 3.8) is 0 Å². The van der Waals surface area contributed by atoms with Crippen LogP contribution in [0.5, 0.6) is 0 Å². The van der Waals surface area contributed by atoms with Crippen LogP contribution in [0, 0.1) is 0 Å². The van der Waals surface area contributed by atoms with Crippen LogP contribution in [0.2, 0.25) is 0 Å². The van der Waals surface area contributed by atoms with Crippen LogP contribution in [0.15, 0.2) is 53.1 Å². The van der Waals surface area contributed by atoms with Crippen LogP contribution in [0.4, 0.5) is 5.69 Å². The normalized spacial score (nSPS) is 16.0. The fourth-order valence-electron chi connectivity index (χ4n) is 3.58. The summed E-state index contributed by atoms with van der Waals surface area (Å²) in [6.07, 6.45) is 1.65. The molecule has 0 aliphatic carbocycles. The van der Waals surface area contributed by atoms with Gasteiger partial charge in [0.1, 0.15) is 0 Å². The lowest BCUT2D eigenvalue weighted by Crippen LogP contribution is -3.15. The molecule has 2 aromatic rings. The van der Waals surface area contributed by atoms with E-state index in [2.05, 4.69) is 39.8 Å². The standard InChI is InChI=1S/C21H28N4O3/c1-16(2)23-21(27)20(26)22-15-18(19-9-6-14-28-19)25-12-10-24(11-13-25)17-7-4-3-5-8-17/h3-9,14,16,18H,10-13,15H2,1-2H3,(H,22,26)(H,23,27)/p+1/t18-/m1/s1. The molecule has 0 spiro atoms. The molecule has 2 heterocycles. The number of rotatable bonds is 6. The molecule has 1 atom stereocenters. The van der Waals surface area contributed by atoms with Crippen molar-refractivity contribution in [1.29, 1.82) is 0 Å². The first-order chi connectivity index (χ1) is 13.5. The quantitative estimate of drug-likeness (QED) is 0.628. The summed E-state index contributed by atoms with van der Waals surface area (Å²) in [7, 11) is 0. The lowest BCUT2D eigenvalue weighted by Gasteiger charge is -2.37. The minimum Gasteiger partial charge on any atom is -0.463 e. The average Bonchev–Trinajstić information content (AvgIpc) is 3.23. The third kappa shape index (κ3) is 5.13. The third-order valence-corrected chi connectivity index (χ3v) is 5.00. The zero-order valence-corrected chi connectivity index (χ0v) is 16.5. The van der Waals surface area contributed by atoms with E-state index in [1.165, 1.54) is 10.6 Å². The van der Waals surface area contributed by atoms with Crippen molar-refractivity contribution in [3.8, 4) is 0 Å². The Kier molecular flexibility index (Phi) is 6.71. The number of para-hydroxylation sites is 1. The van der Waals surface area contributed by atoms with Crippen molar-refractivity contribution in [3.05, 3.63) is 54.5 Å². The maximum absolute atomic E-state index is 12.1. The van der Waals surface area contributed by atoms with E-state index in [1.54, 1.807) is 6.26 Å². The van der Waals surface area contributed by atoms with Crippen LogP contribution in [-0.2, 0) is 9.59 Å². The average molecular weight is 385 g/mol. The van der Waals surface area contributed by atoms with E-state index in [0.717, 1.165) is 31.9 Å². The summed E-state index contributed by atoms with van der Waals surface area (Å²) in [5, 5.41) is 5.39. The lowest BCUT2D eigenvalue weighted by atomic mass is 10.1. The van der Waals surface area contributed by atoms with Crippen molar-refractivity contribution >= 4 is 17.5 Å². The van der Waals surface area contributed by atoms with Gasteiger partial charge in [-0.3, -0.25) is 9.59 Å². The van der Waals surface area contributed by atoms with Gasteiger partial charge < -0.3 is 24.9 Å². The Morgan fingerprint density at radius 2 is 1.79 bits per heavy atom. The van der Waals surface area contributed by atoms with Crippen LogP contribution in [0.3, 0.4) is 0 Å². The van der Waals surface area contributed by atoms with Crippen molar-refractivity contribution < 1.29 is 18.9 Å². The molecule has 1 aliphatic rings. The molecule has 7 nitrogen and oxygen atoms in total. The molecule has 1 fully saturated rings. The van der Waals surface area contributed by atoms with Crippen LogP contribution in [-0.4, -0.2) is 50.6 Å². The van der Waals surface area contributed by atoms with Gasteiger partial charge in [-0.05, 0) is 38.1 Å². The van der Waals surface area contributed by atoms with E-state index in [0.29, 0.717) is 6.54 Å². The number of carbonyl (C=O) groups is 2. The Morgan fingerprint density at radius 3 is 2.39 bits per heavy atom. The summed E-state index contributed by atoms with van der Waals surface area (Å²) in [6.45, 7) is 7.72. The molecule has 0 saturated carbocycles. The number of carbonyl (C=O) groups excluding carboxylic acids is 2. The van der Waals surface area contributed by atoms with Gasteiger partial charge in [-0.15, -0.1) is 0 Å². The molecule has 1 aromatic carbocycles. The Hall–Kier alpha value is -2.80. The minimum absolute atomic E-state index is 0.0243. The van der Waals surface area contributed by atoms with Gasteiger partial charge in [-0.2, -0.15) is 0 Å². The number of anilines is 1. The monoisotopic (exact) mass is 385 g/mol. The van der Waals surface area contributed by atoms with Gasteiger partial charge in [0.05, 0.1) is 39.0 Å². The van der Waals surface area contributed by atoms with Crippen molar-refractivity contribution in [1.82, 2.24) is 10.6 Å². The van der Waals surface area contributed by atoms with E-state index in [1.807, 2.05) is 32.0 Å². The Morgan fingerprint density at radius 1 is 1.07 bits per heavy atom. The van der Waals surface area contributed by atoms with Crippen LogP contribution in [0.25, 0.3) is 0 Å². The van der Waals surface area contributed by atoms with E-state index >= 15 is 0 Å². The summed E-state index contributed by atoms with van der Waals surface area (Å²) in [4.78, 5) is 27.7. The largest absolute Gasteiger partial charge is 0.463 e. The van der Waals surface area contributed by atoms with E-state index in [-0.39, 0.29) is 12.1 Å². The molecule has 28 heavy (non-hydrogen) atoms. The molecular formula is C21H29N4O3+. The summed E-state index contributed by atoms with van der Waals surface area (Å²) in [6, 6.07) is 14.1. The number of hydrogen-bond donors (Lipinski definition) is 3. The number of quaternary nitrogens is 1. The number of piperazine rings is 1. The van der Waals surface area contributed by atoms with Crippen LogP contribution in [0.1, 0.15) is 25.6 Å². The van der Waals surface area contributed by atoms with Gasteiger partial charge in [0, 0.05) is 11.7 Å². The number of nitrogens with zero attached hydrogens (tertiary/aromatic N) is 1. The van der Waals surface area contributed by atoms with E-state index in [9.17, 15) is 9.59 Å². The Labute approximate surface area is 165 Å². The first-order valence-electron chi connectivity index (χ1n) is 9.81. The summed E-state index contributed by atoms with van der Waals surface area (Å²) in [5.74, 6) is -0.377. The number of amides is 2. The molecule has 3 N–H and O–H groups in total. The first-order valence-corrected chi connectivity index (χ1v) is 9.81. The second-order valence-electron chi connectivity index (χ2n) is 7.39. The molecule has 0 radical (unpaired) electrons. The highest BCUT2D eigenvalue weighted by Crippen LogP contribution is 2.14. The second-order valence-corrected chi connectivity index (χ2v) is 7.39. The number of nitrogens with one attached hydrogen (secondary N) is 3. The van der Waals surface area contributed by atoms with Crippen LogP contribution >= 0.6 is 0 Å². The smallest absolute Gasteiger partial charge is 0.309 e. The molecule has 1 aliphatic heterocycles. The van der Waals surface area contributed by atoms with Gasteiger partial charge in [0.15, 0.2) is 11.8 Å². The molecule has 0 bridgehead atoms. The van der Waals surface area contributed by atoms with Gasteiger partial charge in [0.25, 0.3) is 0 Å². The summed E-state index contributed by atoms with van der Waals surface area (Å²) in [5.41, 5.74) is 1.23. The van der Waals surface area contributed by atoms with Gasteiger partial charge in [-0.1, -0.05) is 18.2 Å². The summed E-state index contributed by atoms with van der Waals surface area (Å²) < 4.78 is 5.63. The van der Waals surface area contributed by atoms with E-state index < -0.39 is 11.8 Å². The van der Waals surface area contributed by atoms with Crippen molar-refractivity contribution in [2.75, 3.05) is 37.6 Å². The highest BCUT2D eigenvalue weighted by Gasteiger charge is 2.31. The van der Waals surface area contributed by atoms with Gasteiger partial charge in [-0.25, -0.2) is 0 Å². The SMILES string of the molecule is CC(C)NC(=O)C(=O)NC[C@H](c1ccco1)[NH+]1CCN(c2ccccc2)CC1. The lowest BCUT2D eigenvalue weighted by molar-refractivity contribution is -0.932. The highest BCUT2D eigenvalue weighted by molar-refractivity contribution is 6.35. The second kappa shape index (κ2) is 9.41. The number of benzene rings is 1. The maximum Gasteiger partial charge on any atom is 0.309 e. The van der Waals surface area contributed by atoms with Gasteiger partial charge in [0.2, 0.25) is 0 Å². The Balaban J connectivity index is 1.60. The number of furan rings is 1. The van der Waals surface area contributed by atoms with Gasteiger partial charge >= 0.3 is 11.8 Å². The molecule has 2 amide bonds.